The Balaban J connectivity index is 1.62. The molecule has 3 nitrogen and oxygen atoms in total. The Labute approximate surface area is 150 Å². The van der Waals surface area contributed by atoms with Crippen LogP contribution in [0.25, 0.3) is 0 Å². The first-order chi connectivity index (χ1) is 11.6. The number of ether oxygens (including phenoxy) is 1. The minimum absolute atomic E-state index is 0.111. The molecule has 0 aliphatic carbocycles. The number of hydrogen-bond acceptors (Lipinski definition) is 3. The van der Waals surface area contributed by atoms with Gasteiger partial charge in [0.2, 0.25) is 5.91 Å². The lowest BCUT2D eigenvalue weighted by Gasteiger charge is -2.08. The third-order valence-electron chi connectivity index (χ3n) is 3.26. The summed E-state index contributed by atoms with van der Waals surface area (Å²) in [4.78, 5) is 11.7. The summed E-state index contributed by atoms with van der Waals surface area (Å²) in [7, 11) is 0. The van der Waals surface area contributed by atoms with Gasteiger partial charge in [-0.15, -0.1) is 11.8 Å². The van der Waals surface area contributed by atoms with Crippen LogP contribution in [0.1, 0.15) is 11.1 Å². The van der Waals surface area contributed by atoms with Gasteiger partial charge in [-0.1, -0.05) is 35.4 Å². The van der Waals surface area contributed by atoms with Gasteiger partial charge in [0.05, 0.1) is 12.3 Å². The molecule has 24 heavy (non-hydrogen) atoms. The van der Waals surface area contributed by atoms with Crippen molar-refractivity contribution in [2.45, 2.75) is 12.7 Å². The minimum atomic E-state index is -0.345. The van der Waals surface area contributed by atoms with Gasteiger partial charge in [-0.3, -0.25) is 4.79 Å². The van der Waals surface area contributed by atoms with Gasteiger partial charge in [-0.25, -0.2) is 4.39 Å². The Hall–Kier alpha value is -1.72. The molecule has 0 radical (unpaired) electrons. The maximum atomic E-state index is 13.6. The maximum Gasteiger partial charge on any atom is 0.230 e. The number of amides is 1. The van der Waals surface area contributed by atoms with Crippen LogP contribution >= 0.6 is 23.4 Å². The van der Waals surface area contributed by atoms with E-state index in [1.807, 2.05) is 31.2 Å². The Bertz CT molecular complexity index is 659. The molecule has 0 aliphatic heterocycles. The van der Waals surface area contributed by atoms with Crippen molar-refractivity contribution >= 4 is 29.3 Å². The molecule has 1 amide bonds. The van der Waals surface area contributed by atoms with Crippen molar-refractivity contribution in [3.05, 3.63) is 64.4 Å². The zero-order chi connectivity index (χ0) is 17.4. The van der Waals surface area contributed by atoms with Crippen LogP contribution < -0.4 is 10.1 Å². The number of carbonyl (C=O) groups excluding carboxylic acids is 1. The average molecular weight is 368 g/mol. The van der Waals surface area contributed by atoms with Crippen LogP contribution in [0.5, 0.6) is 5.75 Å². The molecular weight excluding hydrogens is 349 g/mol. The molecule has 0 aromatic heterocycles. The molecule has 2 aromatic carbocycles. The van der Waals surface area contributed by atoms with E-state index in [-0.39, 0.29) is 17.5 Å². The minimum Gasteiger partial charge on any atom is -0.492 e. The predicted octanol–water partition coefficient (Wildman–Crippen LogP) is 4.22. The molecule has 2 aromatic rings. The zero-order valence-corrected chi connectivity index (χ0v) is 14.9. The summed E-state index contributed by atoms with van der Waals surface area (Å²) in [6.07, 6.45) is 0. The highest BCUT2D eigenvalue weighted by atomic mass is 35.5. The lowest BCUT2D eigenvalue weighted by molar-refractivity contribution is -0.118. The summed E-state index contributed by atoms with van der Waals surface area (Å²) < 4.78 is 19.1. The molecule has 1 N–H and O–H groups in total. The van der Waals surface area contributed by atoms with Gasteiger partial charge in [-0.2, -0.15) is 0 Å². The van der Waals surface area contributed by atoms with Gasteiger partial charge in [0.1, 0.15) is 18.2 Å². The zero-order valence-electron chi connectivity index (χ0n) is 13.4. The molecule has 0 unspecified atom stereocenters. The van der Waals surface area contributed by atoms with Gasteiger partial charge in [0.15, 0.2) is 0 Å². The Morgan fingerprint density at radius 3 is 2.71 bits per heavy atom. The van der Waals surface area contributed by atoms with E-state index in [4.69, 9.17) is 16.3 Å². The van der Waals surface area contributed by atoms with E-state index >= 15 is 0 Å². The van der Waals surface area contributed by atoms with Gasteiger partial charge < -0.3 is 10.1 Å². The fraction of sp³-hybridized carbons (Fsp3) is 0.278. The van der Waals surface area contributed by atoms with E-state index in [2.05, 4.69) is 5.32 Å². The molecule has 128 valence electrons. The largest absolute Gasteiger partial charge is 0.492 e. The number of rotatable bonds is 8. The van der Waals surface area contributed by atoms with Crippen molar-refractivity contribution in [2.24, 2.45) is 0 Å². The Morgan fingerprint density at radius 1 is 1.25 bits per heavy atom. The third kappa shape index (κ3) is 6.06. The van der Waals surface area contributed by atoms with Crippen molar-refractivity contribution in [2.75, 3.05) is 18.9 Å². The summed E-state index contributed by atoms with van der Waals surface area (Å²) >= 11 is 7.27. The van der Waals surface area contributed by atoms with Crippen LogP contribution in [0, 0.1) is 12.7 Å². The molecule has 0 saturated heterocycles. The fourth-order valence-corrected chi connectivity index (χ4v) is 3.16. The fourth-order valence-electron chi connectivity index (χ4n) is 1.96. The summed E-state index contributed by atoms with van der Waals surface area (Å²) in [6, 6.07) is 12.3. The number of halogens is 2. The molecule has 0 spiro atoms. The van der Waals surface area contributed by atoms with Crippen molar-refractivity contribution in [1.82, 2.24) is 5.32 Å². The van der Waals surface area contributed by atoms with Gasteiger partial charge in [0, 0.05) is 16.3 Å². The quantitative estimate of drug-likeness (QED) is 0.710. The van der Waals surface area contributed by atoms with Gasteiger partial charge in [0.25, 0.3) is 0 Å². The van der Waals surface area contributed by atoms with Crippen LogP contribution in [0.3, 0.4) is 0 Å². The van der Waals surface area contributed by atoms with Crippen molar-refractivity contribution < 1.29 is 13.9 Å². The van der Waals surface area contributed by atoms with E-state index in [0.29, 0.717) is 29.5 Å². The number of nitrogens with one attached hydrogen (secondary N) is 1. The summed E-state index contributed by atoms with van der Waals surface area (Å²) in [5.74, 6) is 0.925. The summed E-state index contributed by atoms with van der Waals surface area (Å²) in [6.45, 7) is 2.84. The molecule has 0 fully saturated rings. The first-order valence-corrected chi connectivity index (χ1v) is 9.06. The lowest BCUT2D eigenvalue weighted by Crippen LogP contribution is -2.29. The van der Waals surface area contributed by atoms with Crippen molar-refractivity contribution in [1.29, 1.82) is 0 Å². The number of thioether (sulfide) groups is 1. The molecule has 0 aliphatic rings. The molecule has 0 atom stereocenters. The number of carbonyl (C=O) groups is 1. The molecule has 2 rings (SSSR count). The molecule has 0 saturated carbocycles. The van der Waals surface area contributed by atoms with E-state index in [0.717, 1.165) is 5.75 Å². The third-order valence-corrected chi connectivity index (χ3v) is 4.57. The highest BCUT2D eigenvalue weighted by molar-refractivity contribution is 7.99. The lowest BCUT2D eigenvalue weighted by atomic mass is 10.2. The second-order valence-electron chi connectivity index (χ2n) is 5.20. The number of aryl methyl sites for hydroxylation is 1. The smallest absolute Gasteiger partial charge is 0.230 e. The molecular formula is C18H19ClFNO2S. The Morgan fingerprint density at radius 2 is 2.00 bits per heavy atom. The Kier molecular flexibility index (Phi) is 7.40. The van der Waals surface area contributed by atoms with Crippen LogP contribution in [-0.2, 0) is 10.5 Å². The predicted molar refractivity (Wildman–Crippen MR) is 97.3 cm³/mol. The summed E-state index contributed by atoms with van der Waals surface area (Å²) in [5, 5.41) is 3.15. The molecule has 0 heterocycles. The molecule has 6 heteroatoms. The number of hydrogen-bond donors (Lipinski definition) is 1. The SMILES string of the molecule is Cc1ccc(OCCNC(=O)CSCc2c(F)cccc2Cl)cc1. The van der Waals surface area contributed by atoms with Crippen LogP contribution in [0.4, 0.5) is 4.39 Å². The van der Waals surface area contributed by atoms with Crippen LogP contribution in [-0.4, -0.2) is 24.8 Å². The highest BCUT2D eigenvalue weighted by Crippen LogP contribution is 2.23. The van der Waals surface area contributed by atoms with E-state index < -0.39 is 0 Å². The first-order valence-electron chi connectivity index (χ1n) is 7.53. The second kappa shape index (κ2) is 9.55. The van der Waals surface area contributed by atoms with Crippen LogP contribution in [0.15, 0.2) is 42.5 Å². The molecule has 0 bridgehead atoms. The van der Waals surface area contributed by atoms with E-state index in [1.54, 1.807) is 12.1 Å². The van der Waals surface area contributed by atoms with E-state index in [9.17, 15) is 9.18 Å². The van der Waals surface area contributed by atoms with E-state index in [1.165, 1.54) is 23.4 Å². The van der Waals surface area contributed by atoms with Crippen molar-refractivity contribution in [3.63, 3.8) is 0 Å². The topological polar surface area (TPSA) is 38.3 Å². The first kappa shape index (κ1) is 18.6. The van der Waals surface area contributed by atoms with Gasteiger partial charge in [-0.05, 0) is 31.2 Å². The number of benzene rings is 2. The van der Waals surface area contributed by atoms with Crippen LogP contribution in [0.2, 0.25) is 5.02 Å². The standard InChI is InChI=1S/C18H19ClFNO2S/c1-13-5-7-14(8-6-13)23-10-9-21-18(22)12-24-11-15-16(19)3-2-4-17(15)20/h2-8H,9-12H2,1H3,(H,21,22). The maximum absolute atomic E-state index is 13.6. The summed E-state index contributed by atoms with van der Waals surface area (Å²) in [5.41, 5.74) is 1.60. The highest BCUT2D eigenvalue weighted by Gasteiger charge is 2.08. The van der Waals surface area contributed by atoms with Crippen molar-refractivity contribution in [3.8, 4) is 5.75 Å². The average Bonchev–Trinajstić information content (AvgIpc) is 2.56. The van der Waals surface area contributed by atoms with Gasteiger partial charge >= 0.3 is 0 Å². The monoisotopic (exact) mass is 367 g/mol. The second-order valence-corrected chi connectivity index (χ2v) is 6.60. The normalized spacial score (nSPS) is 10.5.